The predicted octanol–water partition coefficient (Wildman–Crippen LogP) is 5.40. The van der Waals surface area contributed by atoms with E-state index in [0.29, 0.717) is 22.1 Å². The molecule has 21 heavy (non-hydrogen) atoms. The Morgan fingerprint density at radius 1 is 0.524 bits per heavy atom. The molecule has 0 unspecified atom stereocenters. The summed E-state index contributed by atoms with van der Waals surface area (Å²) in [5.74, 6) is 0. The van der Waals surface area contributed by atoms with Crippen molar-refractivity contribution in [3.63, 3.8) is 0 Å². The second-order valence-corrected chi connectivity index (χ2v) is 25.2. The van der Waals surface area contributed by atoms with Gasteiger partial charge in [0.1, 0.15) is 0 Å². The molecule has 0 aliphatic heterocycles. The van der Waals surface area contributed by atoms with Crippen LogP contribution in [0.15, 0.2) is 0 Å². The van der Waals surface area contributed by atoms with Gasteiger partial charge in [-0.3, -0.25) is 0 Å². The van der Waals surface area contributed by atoms with E-state index in [-0.39, 0.29) is 0 Å². The van der Waals surface area contributed by atoms with Gasteiger partial charge in [0.25, 0.3) is 0 Å². The van der Waals surface area contributed by atoms with Gasteiger partial charge in [0.15, 0.2) is 0 Å². The second-order valence-electron chi connectivity index (χ2n) is 1.74. The SMILES string of the molecule is [O]=[Mo](=[O])([OH])[O]SSSSSSSSSSS[O][Mo](=[O])(=[O])[OH]. The first-order valence-electron chi connectivity index (χ1n) is 3.37. The molecule has 2 N–H and O–H groups in total. The van der Waals surface area contributed by atoms with Crippen LogP contribution in [0.2, 0.25) is 0 Å². The van der Waals surface area contributed by atoms with Gasteiger partial charge in [0, 0.05) is 0 Å². The molecule has 0 atom stereocenters. The van der Waals surface area contributed by atoms with E-state index >= 15 is 0 Å². The number of hydrogen-bond donors (Lipinski definition) is 2. The van der Waals surface area contributed by atoms with Gasteiger partial charge < -0.3 is 0 Å². The number of rotatable bonds is 14. The summed E-state index contributed by atoms with van der Waals surface area (Å²) in [4.78, 5) is 0. The van der Waals surface area contributed by atoms with Gasteiger partial charge in [0.05, 0.1) is 0 Å². The van der Waals surface area contributed by atoms with Crippen LogP contribution in [0.25, 0.3) is 0 Å². The van der Waals surface area contributed by atoms with E-state index in [1.165, 1.54) is 68.8 Å². The Bertz CT molecular complexity index is 401. The van der Waals surface area contributed by atoms with Gasteiger partial charge in [0.2, 0.25) is 0 Å². The van der Waals surface area contributed by atoms with Crippen LogP contribution in [0.5, 0.6) is 0 Å². The van der Waals surface area contributed by atoms with Crippen molar-refractivity contribution in [1.29, 1.82) is 0 Å². The summed E-state index contributed by atoms with van der Waals surface area (Å²) < 4.78 is 66.1. The summed E-state index contributed by atoms with van der Waals surface area (Å²) in [7, 11) is 11.7. The molecule has 21 heteroatoms. The molecule has 0 bridgehead atoms. The molecule has 0 fully saturated rings. The maximum absolute atomic E-state index is 10.3. The van der Waals surface area contributed by atoms with Crippen LogP contribution in [0.4, 0.5) is 0 Å². The Hall–Kier alpha value is 4.27. The molecule has 0 saturated heterocycles. The summed E-state index contributed by atoms with van der Waals surface area (Å²) >= 11 is -9.66. The van der Waals surface area contributed by atoms with Crippen LogP contribution in [-0.4, -0.2) is 7.52 Å². The molecule has 8 nitrogen and oxygen atoms in total. The van der Waals surface area contributed by atoms with Crippen LogP contribution in [0.3, 0.4) is 0 Å². The van der Waals surface area contributed by atoms with Crippen LogP contribution >= 0.6 is 111 Å². The molecule has 0 saturated carbocycles. The molecular formula is H2Mo2O8S11. The molecule has 128 valence electrons. The van der Waals surface area contributed by atoms with Crippen LogP contribution in [-0.2, 0) is 52.8 Å². The van der Waals surface area contributed by atoms with Crippen LogP contribution < -0.4 is 0 Å². The average molecular weight is 675 g/mol. The van der Waals surface area contributed by atoms with Gasteiger partial charge in [-0.05, 0) is 0 Å². The third-order valence-corrected chi connectivity index (χ3v) is 25.5. The third kappa shape index (κ3) is 24.3. The molecule has 0 aliphatic carbocycles. The van der Waals surface area contributed by atoms with E-state index in [9.17, 15) is 13.6 Å². The summed E-state index contributed by atoms with van der Waals surface area (Å²) in [5, 5.41) is 0. The standard InChI is InChI=1S/2Mo.H2O2S11.2H2O.4O/c;;1-3-5-7-9-11-13-12-10-8-6-4-2;;;;;;/h;;1-2H;2*1H2;;;;/q2*+2;;;;;;;/p-4. The Morgan fingerprint density at radius 3 is 1.00 bits per heavy atom. The Morgan fingerprint density at radius 2 is 0.762 bits per heavy atom. The predicted molar refractivity (Wildman–Crippen MR) is 92.9 cm³/mol. The molecule has 0 spiro atoms. The molecular weight excluding hydrogens is 673 g/mol. The minimum atomic E-state index is -5.41. The zero-order valence-corrected chi connectivity index (χ0v) is 21.6. The van der Waals surface area contributed by atoms with Gasteiger partial charge in [-0.15, -0.1) is 0 Å². The summed E-state index contributed by atoms with van der Waals surface area (Å²) in [6.45, 7) is 0. The fourth-order valence-electron chi connectivity index (χ4n) is 0.195. The fraction of sp³-hybridized carbons (Fsp3) is 0. The monoisotopic (exact) mass is 677 g/mol. The molecule has 0 rings (SSSR count). The van der Waals surface area contributed by atoms with E-state index in [0.717, 1.165) is 19.7 Å². The van der Waals surface area contributed by atoms with E-state index in [2.05, 4.69) is 5.67 Å². The van der Waals surface area contributed by atoms with Gasteiger partial charge >= 0.3 is 171 Å². The molecule has 0 amide bonds. The summed E-state index contributed by atoms with van der Waals surface area (Å²) in [6.07, 6.45) is 0. The molecule has 0 aromatic heterocycles. The van der Waals surface area contributed by atoms with Crippen LogP contribution in [0, 0.1) is 0 Å². The fourth-order valence-corrected chi connectivity index (χ4v) is 28.5. The quantitative estimate of drug-likeness (QED) is 0.106. The Kier molecular flexibility index (Phi) is 18.5. The summed E-state index contributed by atoms with van der Waals surface area (Å²) in [6, 6.07) is 0. The molecule has 0 heterocycles. The van der Waals surface area contributed by atoms with E-state index in [1.807, 2.05) is 0 Å². The first-order valence-corrected chi connectivity index (χ1v) is 24.1. The minimum absolute atomic E-state index is 0.582. The van der Waals surface area contributed by atoms with Crippen molar-refractivity contribution in [2.24, 2.45) is 0 Å². The first kappa shape index (κ1) is 25.3. The van der Waals surface area contributed by atoms with Crippen molar-refractivity contribution in [1.82, 2.24) is 0 Å². The van der Waals surface area contributed by atoms with Crippen molar-refractivity contribution < 1.29 is 60.3 Å². The van der Waals surface area contributed by atoms with E-state index < -0.39 is 33.5 Å². The average Bonchev–Trinajstić information content (AvgIpc) is 2.32. The zero-order chi connectivity index (χ0) is 16.2. The number of hydrogen-bond acceptors (Lipinski definition) is 17. The third-order valence-electron chi connectivity index (χ3n) is 0.505. The first-order chi connectivity index (χ1) is 9.71. The van der Waals surface area contributed by atoms with E-state index in [4.69, 9.17) is 7.52 Å². The van der Waals surface area contributed by atoms with Crippen molar-refractivity contribution >= 4 is 111 Å². The van der Waals surface area contributed by atoms with Crippen molar-refractivity contribution in [2.75, 3.05) is 0 Å². The Labute approximate surface area is 168 Å². The second kappa shape index (κ2) is 15.3. The maximum atomic E-state index is 10.3. The van der Waals surface area contributed by atoms with Gasteiger partial charge in [-0.2, -0.15) is 0 Å². The molecule has 0 aromatic rings. The van der Waals surface area contributed by atoms with Crippen molar-refractivity contribution in [2.45, 2.75) is 0 Å². The topological polar surface area (TPSA) is 127 Å². The Balaban J connectivity index is 3.16. The zero-order valence-electron chi connectivity index (χ0n) is 8.65. The van der Waals surface area contributed by atoms with E-state index in [1.54, 1.807) is 0 Å². The van der Waals surface area contributed by atoms with Crippen molar-refractivity contribution in [3.8, 4) is 0 Å². The molecule has 0 aromatic carbocycles. The van der Waals surface area contributed by atoms with Crippen molar-refractivity contribution in [3.05, 3.63) is 0 Å². The normalized spacial score (nSPS) is 12.7. The summed E-state index contributed by atoms with van der Waals surface area (Å²) in [5.41, 5.74) is 0. The van der Waals surface area contributed by atoms with Crippen LogP contribution in [0.1, 0.15) is 0 Å². The molecule has 0 aliphatic rings. The van der Waals surface area contributed by atoms with Gasteiger partial charge in [-0.25, -0.2) is 0 Å². The molecule has 0 radical (unpaired) electrons. The van der Waals surface area contributed by atoms with Gasteiger partial charge in [-0.1, -0.05) is 0 Å².